The minimum Gasteiger partial charge on any atom is -0.495 e. The molecule has 132 valence electrons. The van der Waals surface area contributed by atoms with E-state index in [9.17, 15) is 19.2 Å². The van der Waals surface area contributed by atoms with Crippen LogP contribution in [0.2, 0.25) is 0 Å². The molecule has 2 fully saturated rings. The van der Waals surface area contributed by atoms with E-state index in [1.54, 1.807) is 23.1 Å². The van der Waals surface area contributed by atoms with Crippen molar-refractivity contribution in [1.29, 1.82) is 0 Å². The van der Waals surface area contributed by atoms with Crippen LogP contribution in [0.1, 0.15) is 6.42 Å². The first-order chi connectivity index (χ1) is 12.0. The number of rotatable bonds is 5. The van der Waals surface area contributed by atoms with E-state index in [-0.39, 0.29) is 31.5 Å². The Hall–Kier alpha value is -3.10. The lowest BCUT2D eigenvalue weighted by Crippen LogP contribution is -2.44. The van der Waals surface area contributed by atoms with Gasteiger partial charge in [-0.1, -0.05) is 12.1 Å². The zero-order valence-corrected chi connectivity index (χ0v) is 13.7. The minimum absolute atomic E-state index is 0.121. The standard InChI is InChI=1S/C16H18N4O5/c1-25-12-5-3-2-4-11(12)20-7-10(6-15(20)23)17-13(21)8-19-9-14(22)18-16(19)24/h2-5,10H,6-9H2,1H3,(H,17,21)(H,18,22,24). The summed E-state index contributed by atoms with van der Waals surface area (Å²) in [5, 5.41) is 4.84. The fourth-order valence-electron chi connectivity index (χ4n) is 2.95. The highest BCUT2D eigenvalue weighted by Crippen LogP contribution is 2.30. The zero-order chi connectivity index (χ0) is 18.0. The number of methoxy groups -OCH3 is 1. The van der Waals surface area contributed by atoms with Gasteiger partial charge in [0.1, 0.15) is 18.8 Å². The molecule has 1 unspecified atom stereocenters. The van der Waals surface area contributed by atoms with Crippen LogP contribution in [-0.2, 0) is 14.4 Å². The van der Waals surface area contributed by atoms with E-state index in [0.717, 1.165) is 4.90 Å². The number of benzene rings is 1. The second-order valence-electron chi connectivity index (χ2n) is 5.85. The Bertz CT molecular complexity index is 735. The molecule has 9 heteroatoms. The fourth-order valence-corrected chi connectivity index (χ4v) is 2.95. The number of amides is 5. The molecular formula is C16H18N4O5. The van der Waals surface area contributed by atoms with E-state index < -0.39 is 17.8 Å². The summed E-state index contributed by atoms with van der Waals surface area (Å²) in [4.78, 5) is 49.6. The molecule has 0 spiro atoms. The van der Waals surface area contributed by atoms with Crippen molar-refractivity contribution in [2.45, 2.75) is 12.5 Å². The average molecular weight is 346 g/mol. The van der Waals surface area contributed by atoms with E-state index in [0.29, 0.717) is 18.0 Å². The Balaban J connectivity index is 1.60. The number of carbonyl (C=O) groups is 4. The number of urea groups is 1. The molecule has 2 saturated heterocycles. The van der Waals surface area contributed by atoms with Crippen molar-refractivity contribution in [1.82, 2.24) is 15.5 Å². The van der Waals surface area contributed by atoms with Crippen LogP contribution in [0.5, 0.6) is 5.75 Å². The summed E-state index contributed by atoms with van der Waals surface area (Å²) in [6, 6.07) is 6.20. The summed E-state index contributed by atoms with van der Waals surface area (Å²) in [7, 11) is 1.53. The Morgan fingerprint density at radius 3 is 2.76 bits per heavy atom. The first kappa shape index (κ1) is 16.7. The number of ether oxygens (including phenoxy) is 1. The van der Waals surface area contributed by atoms with Gasteiger partial charge in [0.2, 0.25) is 17.7 Å². The molecule has 2 aliphatic rings. The first-order valence-electron chi connectivity index (χ1n) is 7.79. The van der Waals surface area contributed by atoms with Gasteiger partial charge in [-0.25, -0.2) is 4.79 Å². The first-order valence-corrected chi connectivity index (χ1v) is 7.79. The molecule has 9 nitrogen and oxygen atoms in total. The van der Waals surface area contributed by atoms with E-state index in [1.807, 2.05) is 6.07 Å². The number of nitrogens with one attached hydrogen (secondary N) is 2. The van der Waals surface area contributed by atoms with Crippen molar-refractivity contribution in [3.8, 4) is 5.75 Å². The van der Waals surface area contributed by atoms with Crippen LogP contribution >= 0.6 is 0 Å². The molecule has 1 aromatic carbocycles. The van der Waals surface area contributed by atoms with Gasteiger partial charge in [-0.3, -0.25) is 19.7 Å². The van der Waals surface area contributed by atoms with E-state index in [1.165, 1.54) is 7.11 Å². The maximum Gasteiger partial charge on any atom is 0.325 e. The third-order valence-electron chi connectivity index (χ3n) is 4.07. The molecule has 2 N–H and O–H groups in total. The van der Waals surface area contributed by atoms with Gasteiger partial charge in [0.25, 0.3) is 0 Å². The number of hydrogen-bond acceptors (Lipinski definition) is 5. The number of nitrogens with zero attached hydrogens (tertiary/aromatic N) is 2. The maximum absolute atomic E-state index is 12.3. The topological polar surface area (TPSA) is 108 Å². The zero-order valence-electron chi connectivity index (χ0n) is 13.7. The number of anilines is 1. The van der Waals surface area contributed by atoms with Crippen LogP contribution in [0.25, 0.3) is 0 Å². The Morgan fingerprint density at radius 1 is 1.32 bits per heavy atom. The summed E-state index contributed by atoms with van der Waals surface area (Å²) in [5.74, 6) is -0.389. The third-order valence-corrected chi connectivity index (χ3v) is 4.07. The Labute approximate surface area is 143 Å². The van der Waals surface area contributed by atoms with Crippen molar-refractivity contribution in [3.63, 3.8) is 0 Å². The number of carbonyl (C=O) groups excluding carboxylic acids is 4. The molecule has 0 radical (unpaired) electrons. The summed E-state index contributed by atoms with van der Waals surface area (Å²) >= 11 is 0. The molecule has 2 heterocycles. The van der Waals surface area contributed by atoms with Gasteiger partial charge in [-0.2, -0.15) is 0 Å². The monoisotopic (exact) mass is 346 g/mol. The van der Waals surface area contributed by atoms with Crippen molar-refractivity contribution in [2.75, 3.05) is 31.6 Å². The second kappa shape index (κ2) is 6.80. The summed E-state index contributed by atoms with van der Waals surface area (Å²) in [6.07, 6.45) is 0.162. The van der Waals surface area contributed by atoms with Crippen LogP contribution in [0, 0.1) is 0 Å². The molecule has 0 aliphatic carbocycles. The molecule has 0 saturated carbocycles. The number of para-hydroxylation sites is 2. The van der Waals surface area contributed by atoms with Crippen LogP contribution in [0.3, 0.4) is 0 Å². The molecule has 1 aromatic rings. The molecule has 25 heavy (non-hydrogen) atoms. The highest BCUT2D eigenvalue weighted by Gasteiger charge is 2.34. The largest absolute Gasteiger partial charge is 0.495 e. The highest BCUT2D eigenvalue weighted by molar-refractivity contribution is 6.03. The van der Waals surface area contributed by atoms with E-state index in [4.69, 9.17) is 4.74 Å². The molecule has 5 amide bonds. The third kappa shape index (κ3) is 3.54. The lowest BCUT2D eigenvalue weighted by atomic mass is 10.2. The van der Waals surface area contributed by atoms with Gasteiger partial charge in [0, 0.05) is 13.0 Å². The van der Waals surface area contributed by atoms with Gasteiger partial charge in [0.15, 0.2) is 0 Å². The normalized spacial score (nSPS) is 20.0. The summed E-state index contributed by atoms with van der Waals surface area (Å²) < 4.78 is 5.27. The quantitative estimate of drug-likeness (QED) is 0.697. The number of hydrogen-bond donors (Lipinski definition) is 2. The molecule has 1 atom stereocenters. The van der Waals surface area contributed by atoms with E-state index in [2.05, 4.69) is 10.6 Å². The highest BCUT2D eigenvalue weighted by atomic mass is 16.5. The summed E-state index contributed by atoms with van der Waals surface area (Å²) in [5.41, 5.74) is 0.649. The minimum atomic E-state index is -0.585. The smallest absolute Gasteiger partial charge is 0.325 e. The maximum atomic E-state index is 12.3. The number of imide groups is 1. The lowest BCUT2D eigenvalue weighted by Gasteiger charge is -2.20. The average Bonchev–Trinajstić information content (AvgIpc) is 3.08. The van der Waals surface area contributed by atoms with Gasteiger partial charge >= 0.3 is 6.03 Å². The van der Waals surface area contributed by atoms with Crippen molar-refractivity contribution in [2.24, 2.45) is 0 Å². The summed E-state index contributed by atoms with van der Waals surface area (Å²) in [6.45, 7) is -0.0455. The molecule has 3 rings (SSSR count). The molecule has 2 aliphatic heterocycles. The predicted octanol–water partition coefficient (Wildman–Crippen LogP) is -0.531. The lowest BCUT2D eigenvalue weighted by molar-refractivity contribution is -0.122. The van der Waals surface area contributed by atoms with Crippen LogP contribution < -0.4 is 20.3 Å². The van der Waals surface area contributed by atoms with Gasteiger partial charge in [0.05, 0.1) is 18.8 Å². The molecular weight excluding hydrogens is 328 g/mol. The van der Waals surface area contributed by atoms with Crippen LogP contribution in [-0.4, -0.2) is 61.4 Å². The fraction of sp³-hybridized carbons (Fsp3) is 0.375. The second-order valence-corrected chi connectivity index (χ2v) is 5.85. The van der Waals surface area contributed by atoms with E-state index >= 15 is 0 Å². The molecule has 0 bridgehead atoms. The Morgan fingerprint density at radius 2 is 2.08 bits per heavy atom. The molecule has 0 aromatic heterocycles. The van der Waals surface area contributed by atoms with Crippen molar-refractivity contribution >= 4 is 29.4 Å². The van der Waals surface area contributed by atoms with Crippen molar-refractivity contribution < 1.29 is 23.9 Å². The van der Waals surface area contributed by atoms with Gasteiger partial charge in [-0.15, -0.1) is 0 Å². The van der Waals surface area contributed by atoms with Gasteiger partial charge in [-0.05, 0) is 12.1 Å². The SMILES string of the molecule is COc1ccccc1N1CC(NC(=O)CN2CC(=O)NC2=O)CC1=O. The van der Waals surface area contributed by atoms with Crippen molar-refractivity contribution in [3.05, 3.63) is 24.3 Å². The van der Waals surface area contributed by atoms with Crippen LogP contribution in [0.4, 0.5) is 10.5 Å². The van der Waals surface area contributed by atoms with Crippen LogP contribution in [0.15, 0.2) is 24.3 Å². The predicted molar refractivity (Wildman–Crippen MR) is 87.0 cm³/mol. The van der Waals surface area contributed by atoms with Gasteiger partial charge < -0.3 is 19.9 Å². The Kier molecular flexibility index (Phi) is 4.55.